The summed E-state index contributed by atoms with van der Waals surface area (Å²) >= 11 is 0. The van der Waals surface area contributed by atoms with Crippen LogP contribution >= 0.6 is 0 Å². The molecule has 50 valence electrons. The molecular formula is C4H7N3O2. The first-order valence-corrected chi connectivity index (χ1v) is 2.50. The molecule has 1 heterocycles. The number of carbonyl (C=O) groups excluding carboxylic acids is 2. The van der Waals surface area contributed by atoms with E-state index in [1.807, 2.05) is 0 Å². The van der Waals surface area contributed by atoms with Crippen molar-refractivity contribution in [2.24, 2.45) is 11.6 Å². The van der Waals surface area contributed by atoms with E-state index in [4.69, 9.17) is 11.6 Å². The Balaban J connectivity index is 2.77. The summed E-state index contributed by atoms with van der Waals surface area (Å²) in [6, 6.07) is -0.720. The third kappa shape index (κ3) is 0.797. The molecule has 0 spiro atoms. The highest BCUT2D eigenvalue weighted by atomic mass is 16.2. The third-order valence-electron chi connectivity index (χ3n) is 1.22. The highest BCUT2D eigenvalue weighted by Gasteiger charge is 2.33. The van der Waals surface area contributed by atoms with E-state index in [2.05, 4.69) is 0 Å². The standard InChI is InChI=1S/C4H7N3O2/c5-2-1-3(8)7(6)4(2)9/h2H,1,5-6H2. The van der Waals surface area contributed by atoms with Crippen molar-refractivity contribution >= 4 is 11.8 Å². The number of nitrogens with zero attached hydrogens (tertiary/aromatic N) is 1. The molecule has 1 unspecified atom stereocenters. The van der Waals surface area contributed by atoms with Gasteiger partial charge in [-0.1, -0.05) is 0 Å². The molecule has 4 N–H and O–H groups in total. The normalized spacial score (nSPS) is 27.8. The second kappa shape index (κ2) is 1.78. The van der Waals surface area contributed by atoms with Gasteiger partial charge in [-0.15, -0.1) is 0 Å². The Hall–Kier alpha value is -0.940. The summed E-state index contributed by atoms with van der Waals surface area (Å²) in [5, 5.41) is 0.560. The fraction of sp³-hybridized carbons (Fsp3) is 0.500. The van der Waals surface area contributed by atoms with Crippen molar-refractivity contribution in [3.05, 3.63) is 0 Å². The topological polar surface area (TPSA) is 89.4 Å². The summed E-state index contributed by atoms with van der Waals surface area (Å²) in [4.78, 5) is 21.1. The van der Waals surface area contributed by atoms with Gasteiger partial charge in [-0.25, -0.2) is 10.9 Å². The average molecular weight is 129 g/mol. The van der Waals surface area contributed by atoms with E-state index in [0.29, 0.717) is 5.01 Å². The van der Waals surface area contributed by atoms with Crippen LogP contribution in [0.2, 0.25) is 0 Å². The number of hydrogen-bond donors (Lipinski definition) is 2. The summed E-state index contributed by atoms with van der Waals surface area (Å²) in [6.07, 6.45) is 0.0370. The molecule has 5 nitrogen and oxygen atoms in total. The summed E-state index contributed by atoms with van der Waals surface area (Å²) in [5.74, 6) is 4.06. The maximum Gasteiger partial charge on any atom is 0.260 e. The first-order chi connectivity index (χ1) is 4.13. The average Bonchev–Trinajstić information content (AvgIpc) is 1.98. The van der Waals surface area contributed by atoms with Crippen molar-refractivity contribution in [3.63, 3.8) is 0 Å². The SMILES string of the molecule is NC1CC(=O)N(N)C1=O. The number of amides is 2. The lowest BCUT2D eigenvalue weighted by atomic mass is 10.3. The van der Waals surface area contributed by atoms with Crippen molar-refractivity contribution in [2.45, 2.75) is 12.5 Å². The van der Waals surface area contributed by atoms with E-state index in [0.717, 1.165) is 0 Å². The van der Waals surface area contributed by atoms with Crippen LogP contribution < -0.4 is 11.6 Å². The Labute approximate surface area is 51.6 Å². The summed E-state index contributed by atoms with van der Waals surface area (Å²) in [5.41, 5.74) is 5.17. The van der Waals surface area contributed by atoms with Crippen LogP contribution in [0.4, 0.5) is 0 Å². The quantitative estimate of drug-likeness (QED) is 0.224. The molecule has 0 bridgehead atoms. The van der Waals surface area contributed by atoms with E-state index in [9.17, 15) is 9.59 Å². The van der Waals surface area contributed by atoms with Crippen molar-refractivity contribution in [3.8, 4) is 0 Å². The first kappa shape index (κ1) is 6.18. The zero-order chi connectivity index (χ0) is 7.02. The van der Waals surface area contributed by atoms with Gasteiger partial charge in [0.2, 0.25) is 5.91 Å². The minimum absolute atomic E-state index is 0.0370. The first-order valence-electron chi connectivity index (χ1n) is 2.50. The number of hydrogen-bond acceptors (Lipinski definition) is 4. The van der Waals surface area contributed by atoms with Crippen LogP contribution in [0.15, 0.2) is 0 Å². The van der Waals surface area contributed by atoms with Crippen LogP contribution in [0.1, 0.15) is 6.42 Å². The van der Waals surface area contributed by atoms with Crippen molar-refractivity contribution in [2.75, 3.05) is 0 Å². The monoisotopic (exact) mass is 129 g/mol. The van der Waals surface area contributed by atoms with Gasteiger partial charge < -0.3 is 5.73 Å². The highest BCUT2D eigenvalue weighted by molar-refractivity contribution is 6.04. The molecule has 0 saturated carbocycles. The van der Waals surface area contributed by atoms with Gasteiger partial charge >= 0.3 is 0 Å². The van der Waals surface area contributed by atoms with Gasteiger partial charge in [-0.05, 0) is 0 Å². The molecule has 0 aliphatic carbocycles. The third-order valence-corrected chi connectivity index (χ3v) is 1.22. The minimum Gasteiger partial charge on any atom is -0.319 e. The molecule has 0 aromatic carbocycles. The van der Waals surface area contributed by atoms with Gasteiger partial charge in [-0.3, -0.25) is 9.59 Å². The molecule has 1 aliphatic heterocycles. The molecule has 9 heavy (non-hydrogen) atoms. The number of imide groups is 1. The largest absolute Gasteiger partial charge is 0.319 e. The second-order valence-electron chi connectivity index (χ2n) is 1.91. The van der Waals surface area contributed by atoms with Crippen molar-refractivity contribution in [1.82, 2.24) is 5.01 Å². The summed E-state index contributed by atoms with van der Waals surface area (Å²) in [7, 11) is 0. The predicted octanol–water partition coefficient (Wildman–Crippen LogP) is -2.05. The zero-order valence-corrected chi connectivity index (χ0v) is 4.70. The molecule has 1 saturated heterocycles. The molecular weight excluding hydrogens is 122 g/mol. The molecule has 0 aromatic heterocycles. The van der Waals surface area contributed by atoms with Crippen LogP contribution in [0.3, 0.4) is 0 Å². The molecule has 0 radical (unpaired) electrons. The summed E-state index contributed by atoms with van der Waals surface area (Å²) < 4.78 is 0. The maximum atomic E-state index is 10.6. The van der Waals surface area contributed by atoms with Crippen molar-refractivity contribution in [1.29, 1.82) is 0 Å². The Morgan fingerprint density at radius 3 is 2.22 bits per heavy atom. The van der Waals surface area contributed by atoms with Gasteiger partial charge in [0.05, 0.1) is 12.5 Å². The zero-order valence-electron chi connectivity index (χ0n) is 4.70. The van der Waals surface area contributed by atoms with Gasteiger partial charge in [-0.2, -0.15) is 0 Å². The van der Waals surface area contributed by atoms with E-state index >= 15 is 0 Å². The maximum absolute atomic E-state index is 10.6. The van der Waals surface area contributed by atoms with Crippen LogP contribution in [-0.2, 0) is 9.59 Å². The Kier molecular flexibility index (Phi) is 1.22. The van der Waals surface area contributed by atoms with Crippen LogP contribution in [0.25, 0.3) is 0 Å². The minimum atomic E-state index is -0.720. The summed E-state index contributed by atoms with van der Waals surface area (Å²) in [6.45, 7) is 0. The number of nitrogens with two attached hydrogens (primary N) is 2. The Bertz CT molecular complexity index is 167. The molecule has 1 rings (SSSR count). The Morgan fingerprint density at radius 1 is 1.56 bits per heavy atom. The molecule has 1 fully saturated rings. The van der Waals surface area contributed by atoms with Crippen molar-refractivity contribution < 1.29 is 9.59 Å². The fourth-order valence-electron chi connectivity index (χ4n) is 0.675. The van der Waals surface area contributed by atoms with Gasteiger partial charge in [0.15, 0.2) is 0 Å². The van der Waals surface area contributed by atoms with E-state index in [1.165, 1.54) is 0 Å². The second-order valence-corrected chi connectivity index (χ2v) is 1.91. The molecule has 5 heteroatoms. The van der Waals surface area contributed by atoms with Crippen LogP contribution in [0.5, 0.6) is 0 Å². The van der Waals surface area contributed by atoms with Gasteiger partial charge in [0.25, 0.3) is 5.91 Å². The molecule has 0 aromatic rings. The number of hydrazine groups is 1. The Morgan fingerprint density at radius 2 is 2.11 bits per heavy atom. The van der Waals surface area contributed by atoms with E-state index < -0.39 is 17.9 Å². The lowest BCUT2D eigenvalue weighted by Crippen LogP contribution is -2.40. The molecule has 1 atom stereocenters. The highest BCUT2D eigenvalue weighted by Crippen LogP contribution is 2.04. The lowest BCUT2D eigenvalue weighted by Gasteiger charge is -2.02. The predicted molar refractivity (Wildman–Crippen MR) is 28.6 cm³/mol. The van der Waals surface area contributed by atoms with Gasteiger partial charge in [0, 0.05) is 0 Å². The fourth-order valence-corrected chi connectivity index (χ4v) is 0.675. The number of carbonyl (C=O) groups is 2. The smallest absolute Gasteiger partial charge is 0.260 e. The van der Waals surface area contributed by atoms with Gasteiger partial charge in [0.1, 0.15) is 0 Å². The molecule has 2 amide bonds. The van der Waals surface area contributed by atoms with Crippen LogP contribution in [0, 0.1) is 0 Å². The van der Waals surface area contributed by atoms with Crippen LogP contribution in [-0.4, -0.2) is 22.9 Å². The molecule has 1 aliphatic rings. The lowest BCUT2D eigenvalue weighted by molar-refractivity contribution is -0.138. The van der Waals surface area contributed by atoms with E-state index in [1.54, 1.807) is 0 Å². The number of rotatable bonds is 0. The van der Waals surface area contributed by atoms with E-state index in [-0.39, 0.29) is 6.42 Å².